The van der Waals surface area contributed by atoms with Crippen LogP contribution in [0.4, 0.5) is 5.69 Å². The predicted octanol–water partition coefficient (Wildman–Crippen LogP) is 4.02. The van der Waals surface area contributed by atoms with E-state index in [4.69, 9.17) is 4.74 Å². The molecule has 0 aliphatic carbocycles. The van der Waals surface area contributed by atoms with Crippen LogP contribution < -0.4 is 9.64 Å². The third kappa shape index (κ3) is 3.33. The number of aryl methyl sites for hydroxylation is 1. The Bertz CT molecular complexity index is 1140. The van der Waals surface area contributed by atoms with E-state index in [-0.39, 0.29) is 11.3 Å². The number of aliphatic hydroxyl groups is 1. The molecule has 0 unspecified atom stereocenters. The summed E-state index contributed by atoms with van der Waals surface area (Å²) in [6.07, 6.45) is 3.11. The van der Waals surface area contributed by atoms with Crippen molar-refractivity contribution in [3.8, 4) is 5.75 Å². The minimum Gasteiger partial charge on any atom is -0.507 e. The molecule has 1 amide bonds. The van der Waals surface area contributed by atoms with Gasteiger partial charge in [-0.05, 0) is 36.8 Å². The zero-order chi connectivity index (χ0) is 21.3. The molecule has 1 N–H and O–H groups in total. The highest BCUT2D eigenvalue weighted by Gasteiger charge is 2.47. The molecule has 6 nitrogen and oxygen atoms in total. The Morgan fingerprint density at radius 2 is 1.83 bits per heavy atom. The van der Waals surface area contributed by atoms with Gasteiger partial charge >= 0.3 is 0 Å². The zero-order valence-electron chi connectivity index (χ0n) is 16.6. The monoisotopic (exact) mass is 400 g/mol. The summed E-state index contributed by atoms with van der Waals surface area (Å²) < 4.78 is 5.32. The van der Waals surface area contributed by atoms with Gasteiger partial charge in [0.2, 0.25) is 0 Å². The molecule has 2 heterocycles. The maximum atomic E-state index is 13.0. The van der Waals surface area contributed by atoms with E-state index in [9.17, 15) is 14.7 Å². The Morgan fingerprint density at radius 1 is 1.07 bits per heavy atom. The summed E-state index contributed by atoms with van der Waals surface area (Å²) in [5.74, 6) is -1.10. The van der Waals surface area contributed by atoms with Crippen LogP contribution >= 0.6 is 0 Å². The van der Waals surface area contributed by atoms with Gasteiger partial charge in [0.1, 0.15) is 11.5 Å². The van der Waals surface area contributed by atoms with Gasteiger partial charge in [-0.2, -0.15) is 0 Å². The standard InChI is InChI=1S/C24H20N2O4/c1-15-8-10-16(11-9-15)22(27)20-21(17-5-3-7-19(13-17)30-2)26(24(29)23(20)28)18-6-4-12-25-14-18/h3-14,21,27H,1-2H3/t21-/m1/s1. The highest BCUT2D eigenvalue weighted by atomic mass is 16.5. The lowest BCUT2D eigenvalue weighted by atomic mass is 9.95. The summed E-state index contributed by atoms with van der Waals surface area (Å²) in [6.45, 7) is 1.93. The minimum absolute atomic E-state index is 0.0287. The van der Waals surface area contributed by atoms with Crippen LogP contribution in [0.3, 0.4) is 0 Å². The van der Waals surface area contributed by atoms with Crippen molar-refractivity contribution in [1.29, 1.82) is 0 Å². The Balaban J connectivity index is 1.95. The molecule has 0 saturated carbocycles. The highest BCUT2D eigenvalue weighted by molar-refractivity contribution is 6.51. The van der Waals surface area contributed by atoms with Crippen molar-refractivity contribution in [3.63, 3.8) is 0 Å². The maximum absolute atomic E-state index is 13.0. The molecule has 2 aromatic carbocycles. The van der Waals surface area contributed by atoms with Gasteiger partial charge in [0.25, 0.3) is 11.7 Å². The second kappa shape index (κ2) is 7.83. The molecule has 150 valence electrons. The van der Waals surface area contributed by atoms with Crippen LogP contribution in [0.1, 0.15) is 22.7 Å². The fraction of sp³-hybridized carbons (Fsp3) is 0.125. The first kappa shape index (κ1) is 19.4. The van der Waals surface area contributed by atoms with Crippen LogP contribution in [0.15, 0.2) is 78.6 Å². The molecule has 3 aromatic rings. The first-order chi connectivity index (χ1) is 14.5. The first-order valence-corrected chi connectivity index (χ1v) is 9.43. The number of benzene rings is 2. The van der Waals surface area contributed by atoms with E-state index >= 15 is 0 Å². The average Bonchev–Trinajstić information content (AvgIpc) is 3.05. The van der Waals surface area contributed by atoms with Crippen molar-refractivity contribution in [2.45, 2.75) is 13.0 Å². The van der Waals surface area contributed by atoms with Crippen molar-refractivity contribution in [2.24, 2.45) is 0 Å². The summed E-state index contributed by atoms with van der Waals surface area (Å²) in [7, 11) is 1.55. The third-order valence-corrected chi connectivity index (χ3v) is 5.10. The number of Topliss-reactive ketones (excluding diaryl/α,β-unsaturated/α-hetero) is 1. The van der Waals surface area contributed by atoms with Crippen LogP contribution in [0.5, 0.6) is 5.75 Å². The topological polar surface area (TPSA) is 79.7 Å². The van der Waals surface area contributed by atoms with E-state index in [2.05, 4.69) is 4.98 Å². The SMILES string of the molecule is COc1cccc([C@@H]2C(=C(O)c3ccc(C)cc3)C(=O)C(=O)N2c2cccnc2)c1. The molecule has 0 bridgehead atoms. The molecular formula is C24H20N2O4. The van der Waals surface area contributed by atoms with Gasteiger partial charge in [0.15, 0.2) is 0 Å². The molecule has 0 radical (unpaired) electrons. The fourth-order valence-corrected chi connectivity index (χ4v) is 3.59. The lowest BCUT2D eigenvalue weighted by Crippen LogP contribution is -2.29. The molecule has 1 aliphatic heterocycles. The molecule has 1 aliphatic rings. The van der Waals surface area contributed by atoms with E-state index in [1.54, 1.807) is 61.8 Å². The minimum atomic E-state index is -0.814. The van der Waals surface area contributed by atoms with Gasteiger partial charge in [0, 0.05) is 11.8 Å². The average molecular weight is 400 g/mol. The molecule has 0 spiro atoms. The number of carbonyl (C=O) groups is 2. The Kier molecular flexibility index (Phi) is 5.06. The number of ketones is 1. The number of aliphatic hydroxyl groups excluding tert-OH is 1. The zero-order valence-corrected chi connectivity index (χ0v) is 16.6. The fourth-order valence-electron chi connectivity index (χ4n) is 3.59. The number of anilines is 1. The number of nitrogens with zero attached hydrogens (tertiary/aromatic N) is 2. The number of hydrogen-bond donors (Lipinski definition) is 1. The van der Waals surface area contributed by atoms with E-state index in [0.29, 0.717) is 22.6 Å². The van der Waals surface area contributed by atoms with E-state index in [1.807, 2.05) is 19.1 Å². The largest absolute Gasteiger partial charge is 0.507 e. The second-order valence-electron chi connectivity index (χ2n) is 7.02. The first-order valence-electron chi connectivity index (χ1n) is 9.43. The number of aromatic nitrogens is 1. The molecule has 4 rings (SSSR count). The quantitative estimate of drug-likeness (QED) is 0.406. The Labute approximate surface area is 174 Å². The van der Waals surface area contributed by atoms with Crippen molar-refractivity contribution < 1.29 is 19.4 Å². The van der Waals surface area contributed by atoms with E-state index in [1.165, 1.54) is 11.1 Å². The Morgan fingerprint density at radius 3 is 2.50 bits per heavy atom. The van der Waals surface area contributed by atoms with Gasteiger partial charge in [-0.1, -0.05) is 42.0 Å². The molecule has 1 saturated heterocycles. The van der Waals surface area contributed by atoms with Gasteiger partial charge in [-0.3, -0.25) is 19.5 Å². The number of hydrogen-bond acceptors (Lipinski definition) is 5. The highest BCUT2D eigenvalue weighted by Crippen LogP contribution is 2.42. The normalized spacial score (nSPS) is 17.9. The molecule has 1 fully saturated rings. The Hall–Kier alpha value is -3.93. The van der Waals surface area contributed by atoms with Crippen molar-refractivity contribution in [2.75, 3.05) is 12.0 Å². The summed E-state index contributed by atoms with van der Waals surface area (Å²) in [6, 6.07) is 16.8. The number of carbonyl (C=O) groups excluding carboxylic acids is 2. The van der Waals surface area contributed by atoms with Gasteiger partial charge < -0.3 is 9.84 Å². The van der Waals surface area contributed by atoms with Crippen LogP contribution in [-0.2, 0) is 9.59 Å². The molecule has 1 atom stereocenters. The molecular weight excluding hydrogens is 380 g/mol. The van der Waals surface area contributed by atoms with Crippen LogP contribution in [0, 0.1) is 6.92 Å². The third-order valence-electron chi connectivity index (χ3n) is 5.10. The predicted molar refractivity (Wildman–Crippen MR) is 113 cm³/mol. The second-order valence-corrected chi connectivity index (χ2v) is 7.02. The maximum Gasteiger partial charge on any atom is 0.300 e. The smallest absolute Gasteiger partial charge is 0.300 e. The van der Waals surface area contributed by atoms with Crippen molar-refractivity contribution >= 4 is 23.1 Å². The van der Waals surface area contributed by atoms with E-state index < -0.39 is 17.7 Å². The van der Waals surface area contributed by atoms with Crippen molar-refractivity contribution in [3.05, 3.63) is 95.3 Å². The molecule has 6 heteroatoms. The lowest BCUT2D eigenvalue weighted by molar-refractivity contribution is -0.132. The van der Waals surface area contributed by atoms with Crippen LogP contribution in [0.25, 0.3) is 5.76 Å². The molecule has 1 aromatic heterocycles. The number of pyridine rings is 1. The number of amides is 1. The number of ether oxygens (including phenoxy) is 1. The summed E-state index contributed by atoms with van der Waals surface area (Å²) in [5, 5.41) is 11.1. The van der Waals surface area contributed by atoms with E-state index in [0.717, 1.165) is 5.56 Å². The van der Waals surface area contributed by atoms with Gasteiger partial charge in [-0.15, -0.1) is 0 Å². The number of methoxy groups -OCH3 is 1. The lowest BCUT2D eigenvalue weighted by Gasteiger charge is -2.25. The van der Waals surface area contributed by atoms with Gasteiger partial charge in [-0.25, -0.2) is 0 Å². The molecule has 30 heavy (non-hydrogen) atoms. The van der Waals surface area contributed by atoms with Gasteiger partial charge in [0.05, 0.1) is 30.6 Å². The van der Waals surface area contributed by atoms with Crippen LogP contribution in [-0.4, -0.2) is 28.9 Å². The summed E-state index contributed by atoms with van der Waals surface area (Å²) in [5.41, 5.74) is 2.63. The summed E-state index contributed by atoms with van der Waals surface area (Å²) in [4.78, 5) is 31.5. The summed E-state index contributed by atoms with van der Waals surface area (Å²) >= 11 is 0. The van der Waals surface area contributed by atoms with Crippen LogP contribution in [0.2, 0.25) is 0 Å². The van der Waals surface area contributed by atoms with Crippen molar-refractivity contribution in [1.82, 2.24) is 4.98 Å². The number of rotatable bonds is 4.